The van der Waals surface area contributed by atoms with Crippen LogP contribution in [0.5, 0.6) is 0 Å². The minimum absolute atomic E-state index is 1.03. The normalized spacial score (nSPS) is 8.50. The van der Waals surface area contributed by atoms with Crippen LogP contribution < -0.4 is 0 Å². The molecule has 0 aliphatic rings. The van der Waals surface area contributed by atoms with E-state index in [0.717, 1.165) is 14.9 Å². The molecule has 0 fully saturated rings. The van der Waals surface area contributed by atoms with Crippen molar-refractivity contribution in [1.82, 2.24) is 4.98 Å². The summed E-state index contributed by atoms with van der Waals surface area (Å²) in [5, 5.41) is 1.09. The molecule has 1 aromatic rings. The van der Waals surface area contributed by atoms with Crippen LogP contribution in [-0.4, -0.2) is 4.98 Å². The van der Waals surface area contributed by atoms with Crippen molar-refractivity contribution in [2.45, 2.75) is 31.9 Å². The Hall–Kier alpha value is -0.0200. The Kier molecular flexibility index (Phi) is 4.73. The van der Waals surface area contributed by atoms with Crippen LogP contribution >= 0.6 is 24.0 Å². The fourth-order valence-corrected chi connectivity index (χ4v) is 1.62. The molecule has 1 rings (SSSR count). The van der Waals surface area contributed by atoms with E-state index in [1.807, 2.05) is 27.7 Å². The number of nitrogens with zero attached hydrogens (tertiary/aromatic N) is 1. The first-order chi connectivity index (χ1) is 4.70. The van der Waals surface area contributed by atoms with Crippen molar-refractivity contribution in [2.24, 2.45) is 0 Å². The summed E-state index contributed by atoms with van der Waals surface area (Å²) in [6, 6.07) is 0. The van der Waals surface area contributed by atoms with Crippen LogP contribution in [0.3, 0.4) is 0 Å². The maximum absolute atomic E-state index is 4.17. The Bertz CT molecular complexity index is 174. The number of aromatic nitrogens is 1. The van der Waals surface area contributed by atoms with E-state index in [2.05, 4.69) is 17.6 Å². The number of hydrogen-bond donors (Lipinski definition) is 1. The highest BCUT2D eigenvalue weighted by Gasteiger charge is 1.96. The predicted octanol–water partition coefficient (Wildman–Crippen LogP) is 3.07. The Labute approximate surface area is 71.9 Å². The van der Waals surface area contributed by atoms with Crippen molar-refractivity contribution in [3.05, 3.63) is 10.7 Å². The lowest BCUT2D eigenvalue weighted by molar-refractivity contribution is 1.16. The maximum atomic E-state index is 4.17. The number of thiol groups is 1. The SMILES string of the molecule is CC.Cc1nc(C)c(S)s1. The van der Waals surface area contributed by atoms with Crippen LogP contribution in [0.15, 0.2) is 4.21 Å². The van der Waals surface area contributed by atoms with E-state index in [0.29, 0.717) is 0 Å². The van der Waals surface area contributed by atoms with E-state index in [4.69, 9.17) is 0 Å². The van der Waals surface area contributed by atoms with Gasteiger partial charge >= 0.3 is 0 Å². The van der Waals surface area contributed by atoms with Crippen molar-refractivity contribution in [2.75, 3.05) is 0 Å². The summed E-state index contributed by atoms with van der Waals surface area (Å²) >= 11 is 5.80. The third-order valence-corrected chi connectivity index (χ3v) is 2.35. The summed E-state index contributed by atoms with van der Waals surface area (Å²) in [4.78, 5) is 4.15. The molecule has 1 aromatic heterocycles. The molecular formula is C7H13NS2. The van der Waals surface area contributed by atoms with Crippen LogP contribution in [0.1, 0.15) is 24.5 Å². The number of aryl methyl sites for hydroxylation is 2. The predicted molar refractivity (Wildman–Crippen MR) is 50.2 cm³/mol. The Morgan fingerprint density at radius 1 is 1.30 bits per heavy atom. The van der Waals surface area contributed by atoms with Crippen molar-refractivity contribution in [3.8, 4) is 0 Å². The summed E-state index contributed by atoms with van der Waals surface area (Å²) < 4.78 is 1.03. The molecule has 3 heteroatoms. The second-order valence-corrected chi connectivity index (χ2v) is 3.58. The van der Waals surface area contributed by atoms with Crippen molar-refractivity contribution in [3.63, 3.8) is 0 Å². The summed E-state index contributed by atoms with van der Waals surface area (Å²) in [5.74, 6) is 0. The first kappa shape index (κ1) is 9.98. The molecule has 1 nitrogen and oxygen atoms in total. The van der Waals surface area contributed by atoms with Gasteiger partial charge in [0.1, 0.15) is 0 Å². The van der Waals surface area contributed by atoms with Gasteiger partial charge in [-0.15, -0.1) is 24.0 Å². The molecule has 0 atom stereocenters. The van der Waals surface area contributed by atoms with Crippen LogP contribution in [0.25, 0.3) is 0 Å². The maximum Gasteiger partial charge on any atom is 0.0909 e. The van der Waals surface area contributed by atoms with E-state index in [1.54, 1.807) is 11.3 Å². The van der Waals surface area contributed by atoms with Gasteiger partial charge in [-0.2, -0.15) is 0 Å². The lowest BCUT2D eigenvalue weighted by Crippen LogP contribution is -1.69. The van der Waals surface area contributed by atoms with Gasteiger partial charge in [-0.05, 0) is 13.8 Å². The molecule has 0 aliphatic heterocycles. The molecular weight excluding hydrogens is 162 g/mol. The largest absolute Gasteiger partial charge is 0.246 e. The summed E-state index contributed by atoms with van der Waals surface area (Å²) in [7, 11) is 0. The number of hydrogen-bond acceptors (Lipinski definition) is 3. The van der Waals surface area contributed by atoms with Gasteiger partial charge in [0, 0.05) is 0 Å². The van der Waals surface area contributed by atoms with Gasteiger partial charge < -0.3 is 0 Å². The molecule has 0 radical (unpaired) electrons. The topological polar surface area (TPSA) is 12.9 Å². The van der Waals surface area contributed by atoms with Crippen molar-refractivity contribution < 1.29 is 0 Å². The molecule has 0 amide bonds. The van der Waals surface area contributed by atoms with Gasteiger partial charge in [-0.25, -0.2) is 4.98 Å². The lowest BCUT2D eigenvalue weighted by Gasteiger charge is -1.76. The van der Waals surface area contributed by atoms with E-state index in [-0.39, 0.29) is 0 Å². The summed E-state index contributed by atoms with van der Waals surface area (Å²) in [5.41, 5.74) is 1.04. The molecule has 10 heavy (non-hydrogen) atoms. The molecule has 0 aliphatic carbocycles. The Morgan fingerprint density at radius 2 is 1.80 bits per heavy atom. The van der Waals surface area contributed by atoms with Gasteiger partial charge in [0.25, 0.3) is 0 Å². The Morgan fingerprint density at radius 3 is 1.90 bits per heavy atom. The standard InChI is InChI=1S/C5H7NS2.C2H6/c1-3-5(7)8-4(2)6-3;1-2/h7H,1-2H3;1-2H3. The molecule has 0 N–H and O–H groups in total. The zero-order valence-electron chi connectivity index (χ0n) is 6.80. The molecule has 0 saturated heterocycles. The molecule has 0 unspecified atom stereocenters. The van der Waals surface area contributed by atoms with Crippen LogP contribution in [0, 0.1) is 13.8 Å². The van der Waals surface area contributed by atoms with Crippen molar-refractivity contribution >= 4 is 24.0 Å². The lowest BCUT2D eigenvalue weighted by atomic mass is 10.6. The van der Waals surface area contributed by atoms with E-state index in [9.17, 15) is 0 Å². The highest BCUT2D eigenvalue weighted by atomic mass is 32.2. The minimum atomic E-state index is 1.03. The van der Waals surface area contributed by atoms with E-state index in [1.165, 1.54) is 0 Å². The first-order valence-corrected chi connectivity index (χ1v) is 4.59. The summed E-state index contributed by atoms with van der Waals surface area (Å²) in [6.07, 6.45) is 0. The van der Waals surface area contributed by atoms with Gasteiger partial charge in [-0.3, -0.25) is 0 Å². The number of thiazole rings is 1. The monoisotopic (exact) mass is 175 g/mol. The molecule has 0 saturated carbocycles. The van der Waals surface area contributed by atoms with Crippen LogP contribution in [0.2, 0.25) is 0 Å². The fraction of sp³-hybridized carbons (Fsp3) is 0.571. The van der Waals surface area contributed by atoms with E-state index >= 15 is 0 Å². The Balaban J connectivity index is 0.000000371. The highest BCUT2D eigenvalue weighted by molar-refractivity contribution is 7.82. The fourth-order valence-electron chi connectivity index (χ4n) is 0.521. The van der Waals surface area contributed by atoms with Crippen LogP contribution in [-0.2, 0) is 0 Å². The molecule has 0 bridgehead atoms. The molecule has 0 aromatic carbocycles. The number of rotatable bonds is 0. The quantitative estimate of drug-likeness (QED) is 0.598. The van der Waals surface area contributed by atoms with Gasteiger partial charge in [0.2, 0.25) is 0 Å². The second-order valence-electron chi connectivity index (χ2n) is 1.62. The average Bonchev–Trinajstić information content (AvgIpc) is 2.16. The van der Waals surface area contributed by atoms with Gasteiger partial charge in [0.05, 0.1) is 14.9 Å². The van der Waals surface area contributed by atoms with Crippen molar-refractivity contribution in [1.29, 1.82) is 0 Å². The highest BCUT2D eigenvalue weighted by Crippen LogP contribution is 2.19. The second kappa shape index (κ2) is 4.74. The zero-order chi connectivity index (χ0) is 8.15. The van der Waals surface area contributed by atoms with Gasteiger partial charge in [-0.1, -0.05) is 13.8 Å². The minimum Gasteiger partial charge on any atom is -0.246 e. The molecule has 58 valence electrons. The van der Waals surface area contributed by atoms with E-state index < -0.39 is 0 Å². The van der Waals surface area contributed by atoms with Gasteiger partial charge in [0.15, 0.2) is 0 Å². The molecule has 0 spiro atoms. The average molecular weight is 175 g/mol. The molecule has 1 heterocycles. The van der Waals surface area contributed by atoms with Crippen LogP contribution in [0.4, 0.5) is 0 Å². The third kappa shape index (κ3) is 2.71. The zero-order valence-corrected chi connectivity index (χ0v) is 8.51. The third-order valence-electron chi connectivity index (χ3n) is 0.879. The first-order valence-electron chi connectivity index (χ1n) is 3.33. The summed E-state index contributed by atoms with van der Waals surface area (Å²) in [6.45, 7) is 7.95. The smallest absolute Gasteiger partial charge is 0.0909 e.